The first-order valence-electron chi connectivity index (χ1n) is 7.74. The lowest BCUT2D eigenvalue weighted by Gasteiger charge is -2.06. The van der Waals surface area contributed by atoms with Crippen LogP contribution in [-0.2, 0) is 10.0 Å². The highest BCUT2D eigenvalue weighted by molar-refractivity contribution is 7.89. The minimum atomic E-state index is -3.57. The molecule has 0 aliphatic carbocycles. The first kappa shape index (κ1) is 15.1. The Bertz CT molecular complexity index is 883. The third kappa shape index (κ3) is 2.52. The highest BCUT2D eigenvalue weighted by atomic mass is 32.2. The summed E-state index contributed by atoms with van der Waals surface area (Å²) in [5.41, 5.74) is 1.75. The van der Waals surface area contributed by atoms with Crippen molar-refractivity contribution in [3.8, 4) is 0 Å². The van der Waals surface area contributed by atoms with E-state index < -0.39 is 10.0 Å². The second-order valence-electron chi connectivity index (χ2n) is 5.70. The van der Waals surface area contributed by atoms with Gasteiger partial charge in [0.15, 0.2) is 0 Å². The molecule has 120 valence electrons. The molecule has 0 bridgehead atoms. The Morgan fingerprint density at radius 2 is 1.38 bits per heavy atom. The molecule has 1 aliphatic heterocycles. The first-order chi connectivity index (χ1) is 11.7. The Morgan fingerprint density at radius 3 is 2.00 bits per heavy atom. The number of hydrogen-bond acceptors (Lipinski definition) is 3. The minimum Gasteiger partial charge on any atom is -0.260 e. The molecule has 1 aliphatic rings. The van der Waals surface area contributed by atoms with Crippen LogP contribution in [0.25, 0.3) is 0 Å². The van der Waals surface area contributed by atoms with E-state index in [1.165, 1.54) is 0 Å². The maximum atomic E-state index is 13.1. The monoisotopic (exact) mass is 336 g/mol. The SMILES string of the molecule is O=S(=O)(c1ccccc1)N1[C@H](c2ccccc2)[C@H]1c1ccccn1. The normalized spacial score (nSPS) is 22.9. The quantitative estimate of drug-likeness (QED) is 0.684. The molecule has 24 heavy (non-hydrogen) atoms. The molecule has 0 N–H and O–H groups in total. The van der Waals surface area contributed by atoms with Gasteiger partial charge in [0.05, 0.1) is 22.7 Å². The van der Waals surface area contributed by atoms with Crippen molar-refractivity contribution in [1.82, 2.24) is 9.29 Å². The van der Waals surface area contributed by atoms with Gasteiger partial charge in [-0.2, -0.15) is 4.31 Å². The Labute approximate surface area is 141 Å². The lowest BCUT2D eigenvalue weighted by atomic mass is 10.1. The predicted molar refractivity (Wildman–Crippen MR) is 91.6 cm³/mol. The fourth-order valence-electron chi connectivity index (χ4n) is 3.05. The molecule has 0 spiro atoms. The van der Waals surface area contributed by atoms with Crippen molar-refractivity contribution in [3.05, 3.63) is 96.3 Å². The van der Waals surface area contributed by atoms with Gasteiger partial charge in [-0.15, -0.1) is 0 Å². The molecule has 4 rings (SSSR count). The lowest BCUT2D eigenvalue weighted by molar-refractivity contribution is 0.546. The maximum Gasteiger partial charge on any atom is 0.244 e. The molecule has 4 nitrogen and oxygen atoms in total. The topological polar surface area (TPSA) is 50.0 Å². The van der Waals surface area contributed by atoms with E-state index in [0.717, 1.165) is 11.3 Å². The third-order valence-corrected chi connectivity index (χ3v) is 6.09. The highest BCUT2D eigenvalue weighted by Crippen LogP contribution is 2.57. The fourth-order valence-corrected chi connectivity index (χ4v) is 4.80. The summed E-state index contributed by atoms with van der Waals surface area (Å²) in [7, 11) is -3.57. The van der Waals surface area contributed by atoms with Crippen molar-refractivity contribution in [3.63, 3.8) is 0 Å². The van der Waals surface area contributed by atoms with Crippen molar-refractivity contribution in [2.24, 2.45) is 0 Å². The molecule has 0 amide bonds. The standard InChI is InChI=1S/C19H16N2O2S/c22-24(23,16-11-5-2-6-12-16)21-18(15-9-3-1-4-10-15)19(21)17-13-7-8-14-20-17/h1-14,18-19H/t18-,19-,21?/m1/s1. The van der Waals surface area contributed by atoms with E-state index in [-0.39, 0.29) is 12.1 Å². The van der Waals surface area contributed by atoms with Gasteiger partial charge in [-0.25, -0.2) is 8.42 Å². The molecule has 2 aromatic carbocycles. The van der Waals surface area contributed by atoms with E-state index in [0.29, 0.717) is 4.90 Å². The van der Waals surface area contributed by atoms with Crippen LogP contribution in [0.15, 0.2) is 90.0 Å². The largest absolute Gasteiger partial charge is 0.260 e. The second-order valence-corrected chi connectivity index (χ2v) is 7.55. The zero-order chi connectivity index (χ0) is 16.6. The number of aromatic nitrogens is 1. The summed E-state index contributed by atoms with van der Waals surface area (Å²) in [6.07, 6.45) is 1.70. The second kappa shape index (κ2) is 5.85. The molecule has 3 atom stereocenters. The van der Waals surface area contributed by atoms with Gasteiger partial charge in [0.25, 0.3) is 0 Å². The van der Waals surface area contributed by atoms with Crippen LogP contribution in [0.3, 0.4) is 0 Å². The number of nitrogens with zero attached hydrogens (tertiary/aromatic N) is 2. The summed E-state index contributed by atoms with van der Waals surface area (Å²) in [5.74, 6) is 0. The highest BCUT2D eigenvalue weighted by Gasteiger charge is 2.57. The van der Waals surface area contributed by atoms with Gasteiger partial charge >= 0.3 is 0 Å². The fraction of sp³-hybridized carbons (Fsp3) is 0.105. The van der Waals surface area contributed by atoms with Gasteiger partial charge in [-0.05, 0) is 29.8 Å². The molecule has 0 radical (unpaired) electrons. The number of sulfonamides is 1. The van der Waals surface area contributed by atoms with Gasteiger partial charge in [-0.3, -0.25) is 4.98 Å². The van der Waals surface area contributed by atoms with Crippen molar-refractivity contribution in [2.75, 3.05) is 0 Å². The Hall–Kier alpha value is -2.50. The van der Waals surface area contributed by atoms with Crippen LogP contribution in [0.4, 0.5) is 0 Å². The zero-order valence-electron chi connectivity index (χ0n) is 12.9. The number of pyridine rings is 1. The summed E-state index contributed by atoms with van der Waals surface area (Å²) < 4.78 is 27.7. The van der Waals surface area contributed by atoms with Crippen LogP contribution in [0.5, 0.6) is 0 Å². The van der Waals surface area contributed by atoms with E-state index in [2.05, 4.69) is 4.98 Å². The van der Waals surface area contributed by atoms with Crippen LogP contribution in [0.1, 0.15) is 23.3 Å². The molecule has 1 fully saturated rings. The average molecular weight is 336 g/mol. The van der Waals surface area contributed by atoms with Crippen molar-refractivity contribution in [2.45, 2.75) is 17.0 Å². The van der Waals surface area contributed by atoms with Gasteiger partial charge in [0, 0.05) is 6.20 Å². The Balaban J connectivity index is 1.78. The molecular formula is C19H16N2O2S. The molecule has 2 heterocycles. The first-order valence-corrected chi connectivity index (χ1v) is 9.18. The minimum absolute atomic E-state index is 0.216. The van der Waals surface area contributed by atoms with E-state index in [4.69, 9.17) is 0 Å². The van der Waals surface area contributed by atoms with Crippen LogP contribution in [-0.4, -0.2) is 17.7 Å². The molecule has 1 unspecified atom stereocenters. The number of hydrogen-bond donors (Lipinski definition) is 0. The summed E-state index contributed by atoms with van der Waals surface area (Å²) in [4.78, 5) is 4.68. The molecular weight excluding hydrogens is 320 g/mol. The molecule has 1 aromatic heterocycles. The maximum absolute atomic E-state index is 13.1. The van der Waals surface area contributed by atoms with Gasteiger partial charge in [0.1, 0.15) is 0 Å². The average Bonchev–Trinajstić information content (AvgIpc) is 3.41. The zero-order valence-corrected chi connectivity index (χ0v) is 13.7. The van der Waals surface area contributed by atoms with Crippen molar-refractivity contribution in [1.29, 1.82) is 0 Å². The Kier molecular flexibility index (Phi) is 3.67. The van der Waals surface area contributed by atoms with Crippen LogP contribution < -0.4 is 0 Å². The predicted octanol–water partition coefficient (Wildman–Crippen LogP) is 3.57. The third-order valence-electron chi connectivity index (χ3n) is 4.21. The van der Waals surface area contributed by atoms with E-state index in [1.807, 2.05) is 54.6 Å². The van der Waals surface area contributed by atoms with Gasteiger partial charge < -0.3 is 0 Å². The van der Waals surface area contributed by atoms with Gasteiger partial charge in [0.2, 0.25) is 10.0 Å². The van der Waals surface area contributed by atoms with Crippen LogP contribution in [0, 0.1) is 0 Å². The smallest absolute Gasteiger partial charge is 0.244 e. The molecule has 5 heteroatoms. The summed E-state index contributed by atoms with van der Waals surface area (Å²) in [6.45, 7) is 0. The molecule has 1 saturated heterocycles. The van der Waals surface area contributed by atoms with Gasteiger partial charge in [-0.1, -0.05) is 54.6 Å². The number of benzene rings is 2. The van der Waals surface area contributed by atoms with Crippen molar-refractivity contribution < 1.29 is 8.42 Å². The van der Waals surface area contributed by atoms with E-state index in [9.17, 15) is 8.42 Å². The summed E-state index contributed by atoms with van der Waals surface area (Å²) in [5, 5.41) is 0. The molecule has 3 aromatic rings. The van der Waals surface area contributed by atoms with E-state index >= 15 is 0 Å². The summed E-state index contributed by atoms with van der Waals surface area (Å²) >= 11 is 0. The van der Waals surface area contributed by atoms with Crippen molar-refractivity contribution >= 4 is 10.0 Å². The summed E-state index contributed by atoms with van der Waals surface area (Å²) in [6, 6.07) is 23.4. The molecule has 0 saturated carbocycles. The van der Waals surface area contributed by atoms with Crippen LogP contribution in [0.2, 0.25) is 0 Å². The Morgan fingerprint density at radius 1 is 0.750 bits per heavy atom. The van der Waals surface area contributed by atoms with E-state index in [1.54, 1.807) is 34.8 Å². The lowest BCUT2D eigenvalue weighted by Crippen LogP contribution is -2.13. The van der Waals surface area contributed by atoms with Crippen LogP contribution >= 0.6 is 0 Å². The number of rotatable bonds is 4.